The van der Waals surface area contributed by atoms with Gasteiger partial charge in [0, 0.05) is 11.5 Å². The zero-order valence-electron chi connectivity index (χ0n) is 13.9. The third-order valence-corrected chi connectivity index (χ3v) is 4.79. The van der Waals surface area contributed by atoms with Crippen molar-refractivity contribution in [3.8, 4) is 11.3 Å². The lowest BCUT2D eigenvalue weighted by Crippen LogP contribution is -2.34. The van der Waals surface area contributed by atoms with Gasteiger partial charge >= 0.3 is 0 Å². The van der Waals surface area contributed by atoms with Crippen molar-refractivity contribution in [2.24, 2.45) is 17.8 Å². The van der Waals surface area contributed by atoms with Crippen molar-refractivity contribution in [2.45, 2.75) is 46.3 Å². The molecule has 3 nitrogen and oxygen atoms in total. The van der Waals surface area contributed by atoms with E-state index in [0.29, 0.717) is 5.92 Å². The molecule has 0 bridgehead atoms. The average molecular weight is 298 g/mol. The predicted molar refractivity (Wildman–Crippen MR) is 89.6 cm³/mol. The highest BCUT2D eigenvalue weighted by atomic mass is 16.3. The first-order chi connectivity index (χ1) is 10.5. The van der Waals surface area contributed by atoms with Crippen LogP contribution >= 0.6 is 0 Å². The van der Waals surface area contributed by atoms with Gasteiger partial charge in [-0.2, -0.15) is 0 Å². The van der Waals surface area contributed by atoms with Crippen molar-refractivity contribution < 1.29 is 5.11 Å². The van der Waals surface area contributed by atoms with Gasteiger partial charge in [-0.15, -0.1) is 0 Å². The maximum absolute atomic E-state index is 10.9. The lowest BCUT2D eigenvalue weighted by Gasteiger charge is -2.33. The number of aliphatic hydroxyl groups is 1. The van der Waals surface area contributed by atoms with Gasteiger partial charge in [-0.05, 0) is 23.8 Å². The van der Waals surface area contributed by atoms with Crippen molar-refractivity contribution in [3.63, 3.8) is 0 Å². The van der Waals surface area contributed by atoms with E-state index < -0.39 is 0 Å². The average Bonchev–Trinajstić information content (AvgIpc) is 3.04. The highest BCUT2D eigenvalue weighted by Gasteiger charge is 2.38. The van der Waals surface area contributed by atoms with Crippen LogP contribution in [0.15, 0.2) is 36.8 Å². The standard InChI is InChI=1S/C19H26N2O/c1-12(2)9-16(19(22)13(3)4)18-15-8-6-5-7-14(15)17-10-20-11-21(17)18/h5-8,10-13,16,18-19,22H,9H2,1-4H3/t16?,18-,19+/m0/s1. The monoisotopic (exact) mass is 298 g/mol. The van der Waals surface area contributed by atoms with Gasteiger partial charge in [0.1, 0.15) is 0 Å². The minimum Gasteiger partial charge on any atom is -0.392 e. The SMILES string of the molecule is CC(C)CC([C@H](O)C(C)C)[C@@H]1c2ccccc2-c2cncn21. The maximum Gasteiger partial charge on any atom is 0.0956 e. The molecule has 22 heavy (non-hydrogen) atoms. The number of rotatable bonds is 5. The van der Waals surface area contributed by atoms with Crippen molar-refractivity contribution in [3.05, 3.63) is 42.4 Å². The Morgan fingerprint density at radius 1 is 1.18 bits per heavy atom. The number of fused-ring (bicyclic) bond motifs is 3. The Morgan fingerprint density at radius 2 is 1.91 bits per heavy atom. The van der Waals surface area contributed by atoms with Crippen LogP contribution in [0.25, 0.3) is 11.3 Å². The molecule has 1 N–H and O–H groups in total. The summed E-state index contributed by atoms with van der Waals surface area (Å²) >= 11 is 0. The molecule has 0 amide bonds. The van der Waals surface area contributed by atoms with Gasteiger partial charge in [-0.25, -0.2) is 4.98 Å². The molecule has 0 spiro atoms. The van der Waals surface area contributed by atoms with E-state index >= 15 is 0 Å². The van der Waals surface area contributed by atoms with Gasteiger partial charge in [0.25, 0.3) is 0 Å². The summed E-state index contributed by atoms with van der Waals surface area (Å²) in [7, 11) is 0. The number of aromatic nitrogens is 2. The number of benzene rings is 1. The molecule has 1 aromatic heterocycles. The Morgan fingerprint density at radius 3 is 2.59 bits per heavy atom. The topological polar surface area (TPSA) is 38.1 Å². The van der Waals surface area contributed by atoms with E-state index in [9.17, 15) is 5.11 Å². The van der Waals surface area contributed by atoms with Crippen LogP contribution in [0.3, 0.4) is 0 Å². The number of nitrogens with zero attached hydrogens (tertiary/aromatic N) is 2. The number of aliphatic hydroxyl groups excluding tert-OH is 1. The van der Waals surface area contributed by atoms with Crippen molar-refractivity contribution in [2.75, 3.05) is 0 Å². The van der Waals surface area contributed by atoms with Crippen molar-refractivity contribution in [1.29, 1.82) is 0 Å². The maximum atomic E-state index is 10.9. The molecule has 0 saturated carbocycles. The minimum absolute atomic E-state index is 0.188. The summed E-state index contributed by atoms with van der Waals surface area (Å²) in [4.78, 5) is 4.34. The largest absolute Gasteiger partial charge is 0.392 e. The summed E-state index contributed by atoms with van der Waals surface area (Å²) in [5.74, 6) is 1.01. The molecule has 0 aliphatic carbocycles. The first-order valence-electron chi connectivity index (χ1n) is 8.30. The molecule has 3 rings (SSSR count). The van der Waals surface area contributed by atoms with Crippen LogP contribution < -0.4 is 0 Å². The quantitative estimate of drug-likeness (QED) is 0.901. The van der Waals surface area contributed by atoms with Crippen LogP contribution in [0.5, 0.6) is 0 Å². The molecule has 0 radical (unpaired) electrons. The van der Waals surface area contributed by atoms with Gasteiger partial charge in [0.2, 0.25) is 0 Å². The smallest absolute Gasteiger partial charge is 0.0956 e. The molecule has 1 unspecified atom stereocenters. The Balaban J connectivity index is 2.08. The van der Waals surface area contributed by atoms with E-state index in [1.54, 1.807) is 0 Å². The molecule has 2 aromatic rings. The van der Waals surface area contributed by atoms with Crippen LogP contribution in [-0.2, 0) is 0 Å². The summed E-state index contributed by atoms with van der Waals surface area (Å²) in [6, 6.07) is 8.73. The molecule has 3 atom stereocenters. The Bertz CT molecular complexity index is 644. The summed E-state index contributed by atoms with van der Waals surface area (Å²) < 4.78 is 2.25. The normalized spacial score (nSPS) is 19.3. The number of imidazole rings is 1. The zero-order valence-corrected chi connectivity index (χ0v) is 13.9. The van der Waals surface area contributed by atoms with Crippen LogP contribution in [0.4, 0.5) is 0 Å². The van der Waals surface area contributed by atoms with Crippen LogP contribution in [0.2, 0.25) is 0 Å². The number of hydrogen-bond donors (Lipinski definition) is 1. The summed E-state index contributed by atoms with van der Waals surface area (Å²) in [6.07, 6.45) is 4.55. The Hall–Kier alpha value is -1.61. The second-order valence-corrected chi connectivity index (χ2v) is 7.25. The van der Waals surface area contributed by atoms with E-state index in [-0.39, 0.29) is 24.0 Å². The molecule has 3 heteroatoms. The second-order valence-electron chi connectivity index (χ2n) is 7.25. The fraction of sp³-hybridized carbons (Fsp3) is 0.526. The van der Waals surface area contributed by atoms with Crippen molar-refractivity contribution >= 4 is 0 Å². The van der Waals surface area contributed by atoms with E-state index in [1.807, 2.05) is 12.5 Å². The lowest BCUT2D eigenvalue weighted by atomic mass is 9.79. The molecule has 1 aliphatic heterocycles. The van der Waals surface area contributed by atoms with Crippen LogP contribution in [0.1, 0.15) is 45.7 Å². The predicted octanol–water partition coefficient (Wildman–Crippen LogP) is 4.13. The van der Waals surface area contributed by atoms with E-state index in [0.717, 1.165) is 6.42 Å². The summed E-state index contributed by atoms with van der Waals surface area (Å²) in [5, 5.41) is 10.9. The Kier molecular flexibility index (Phi) is 4.09. The zero-order chi connectivity index (χ0) is 15.9. The van der Waals surface area contributed by atoms with Crippen LogP contribution in [-0.4, -0.2) is 20.8 Å². The molecular weight excluding hydrogens is 272 g/mol. The number of hydrogen-bond acceptors (Lipinski definition) is 2. The second kappa shape index (κ2) is 5.88. The highest BCUT2D eigenvalue weighted by Crippen LogP contribution is 2.46. The van der Waals surface area contributed by atoms with Crippen molar-refractivity contribution in [1.82, 2.24) is 9.55 Å². The van der Waals surface area contributed by atoms with Gasteiger partial charge < -0.3 is 9.67 Å². The Labute approximate surface area is 133 Å². The fourth-order valence-electron chi connectivity index (χ4n) is 3.80. The van der Waals surface area contributed by atoms with Gasteiger partial charge in [-0.1, -0.05) is 52.0 Å². The van der Waals surface area contributed by atoms with E-state index in [1.165, 1.54) is 16.8 Å². The molecule has 0 fully saturated rings. The first-order valence-corrected chi connectivity index (χ1v) is 8.30. The fourth-order valence-corrected chi connectivity index (χ4v) is 3.80. The minimum atomic E-state index is -0.311. The molecule has 1 aromatic carbocycles. The molecule has 0 saturated heterocycles. The van der Waals surface area contributed by atoms with Gasteiger partial charge in [0.05, 0.1) is 30.4 Å². The molecule has 2 heterocycles. The third-order valence-electron chi connectivity index (χ3n) is 4.79. The van der Waals surface area contributed by atoms with Gasteiger partial charge in [0.15, 0.2) is 0 Å². The molecular formula is C19H26N2O. The molecule has 1 aliphatic rings. The summed E-state index contributed by atoms with van der Waals surface area (Å²) in [6.45, 7) is 8.67. The highest BCUT2D eigenvalue weighted by molar-refractivity contribution is 5.69. The van der Waals surface area contributed by atoms with E-state index in [2.05, 4.69) is 61.5 Å². The molecule has 118 valence electrons. The van der Waals surface area contributed by atoms with Crippen LogP contribution in [0, 0.1) is 17.8 Å². The lowest BCUT2D eigenvalue weighted by molar-refractivity contribution is 0.0364. The first kappa shape index (κ1) is 15.3. The van der Waals surface area contributed by atoms with Gasteiger partial charge in [-0.3, -0.25) is 0 Å². The third kappa shape index (κ3) is 2.48. The van der Waals surface area contributed by atoms with E-state index in [4.69, 9.17) is 0 Å². The summed E-state index contributed by atoms with van der Waals surface area (Å²) in [5.41, 5.74) is 3.75.